The van der Waals surface area contributed by atoms with E-state index in [2.05, 4.69) is 14.9 Å². The first-order valence-electron chi connectivity index (χ1n) is 10.3. The van der Waals surface area contributed by atoms with Gasteiger partial charge >= 0.3 is 6.18 Å². The fourth-order valence-electron chi connectivity index (χ4n) is 4.24. The van der Waals surface area contributed by atoms with Crippen LogP contribution in [0.25, 0.3) is 28.0 Å². The average Bonchev–Trinajstić information content (AvgIpc) is 2.93. The van der Waals surface area contributed by atoms with Gasteiger partial charge in [-0.1, -0.05) is 6.07 Å². The van der Waals surface area contributed by atoms with Gasteiger partial charge < -0.3 is 9.88 Å². The predicted molar refractivity (Wildman–Crippen MR) is 122 cm³/mol. The van der Waals surface area contributed by atoms with Gasteiger partial charge in [0.25, 0.3) is 5.56 Å². The highest BCUT2D eigenvalue weighted by Gasteiger charge is 2.32. The van der Waals surface area contributed by atoms with Crippen molar-refractivity contribution in [1.29, 1.82) is 0 Å². The van der Waals surface area contributed by atoms with E-state index in [0.717, 1.165) is 49.2 Å². The molecule has 172 valence electrons. The third-order valence-electron chi connectivity index (χ3n) is 5.88. The second-order valence-corrected chi connectivity index (χ2v) is 7.86. The van der Waals surface area contributed by atoms with Crippen LogP contribution in [-0.4, -0.2) is 25.6 Å². The summed E-state index contributed by atoms with van der Waals surface area (Å²) in [5.41, 5.74) is 2.95. The van der Waals surface area contributed by atoms with Crippen LogP contribution >= 0.6 is 12.4 Å². The summed E-state index contributed by atoms with van der Waals surface area (Å²) in [6.07, 6.45) is 0.234. The largest absolute Gasteiger partial charge is 0.433 e. The maximum Gasteiger partial charge on any atom is 0.433 e. The van der Waals surface area contributed by atoms with Crippen LogP contribution in [0.4, 0.5) is 13.2 Å². The van der Waals surface area contributed by atoms with Crippen LogP contribution in [0.3, 0.4) is 0 Å². The lowest BCUT2D eigenvalue weighted by molar-refractivity contribution is -0.141. The maximum absolute atomic E-state index is 12.8. The number of fused-ring (bicyclic) bond motifs is 3. The van der Waals surface area contributed by atoms with Gasteiger partial charge in [-0.05, 0) is 54.8 Å². The summed E-state index contributed by atoms with van der Waals surface area (Å²) < 4.78 is 41.7. The van der Waals surface area contributed by atoms with E-state index in [1.165, 1.54) is 28.0 Å². The second-order valence-electron chi connectivity index (χ2n) is 7.86. The van der Waals surface area contributed by atoms with Crippen molar-refractivity contribution in [2.45, 2.75) is 25.6 Å². The summed E-state index contributed by atoms with van der Waals surface area (Å²) in [6.45, 7) is 1.78. The molecule has 0 bridgehead atoms. The van der Waals surface area contributed by atoms with E-state index >= 15 is 0 Å². The zero-order chi connectivity index (χ0) is 22.5. The van der Waals surface area contributed by atoms with Crippen LogP contribution < -0.4 is 10.9 Å². The molecule has 0 spiro atoms. The molecule has 6 nitrogen and oxygen atoms in total. The Bertz CT molecular complexity index is 1380. The van der Waals surface area contributed by atoms with E-state index in [-0.39, 0.29) is 18.0 Å². The Morgan fingerprint density at radius 2 is 1.91 bits per heavy atom. The van der Waals surface area contributed by atoms with E-state index in [1.54, 1.807) is 12.3 Å². The van der Waals surface area contributed by atoms with Crippen LogP contribution in [0.15, 0.2) is 53.6 Å². The molecular formula is C23H21ClF3N5O. The van der Waals surface area contributed by atoms with Crippen LogP contribution in [0, 0.1) is 0 Å². The van der Waals surface area contributed by atoms with Crippen molar-refractivity contribution in [2.75, 3.05) is 6.54 Å². The van der Waals surface area contributed by atoms with Crippen molar-refractivity contribution in [3.63, 3.8) is 0 Å². The number of aryl methyl sites for hydroxylation is 1. The minimum absolute atomic E-state index is 0. The lowest BCUT2D eigenvalue weighted by atomic mass is 10.1. The maximum atomic E-state index is 12.8. The lowest BCUT2D eigenvalue weighted by Gasteiger charge is -2.09. The molecule has 1 aliphatic heterocycles. The van der Waals surface area contributed by atoms with Crippen LogP contribution in [0.2, 0.25) is 0 Å². The predicted octanol–water partition coefficient (Wildman–Crippen LogP) is 4.26. The monoisotopic (exact) mass is 475 g/mol. The quantitative estimate of drug-likeness (QED) is 0.470. The molecule has 5 rings (SSSR count). The zero-order valence-electron chi connectivity index (χ0n) is 17.7. The van der Waals surface area contributed by atoms with E-state index in [9.17, 15) is 18.0 Å². The molecule has 0 aliphatic carbocycles. The average molecular weight is 476 g/mol. The summed E-state index contributed by atoms with van der Waals surface area (Å²) in [7, 11) is 1.99. The Kier molecular flexibility index (Phi) is 6.02. The third kappa shape index (κ3) is 4.14. The molecule has 0 fully saturated rings. The second kappa shape index (κ2) is 8.64. The number of alkyl halides is 3. The van der Waals surface area contributed by atoms with Gasteiger partial charge in [-0.25, -0.2) is 4.98 Å². The van der Waals surface area contributed by atoms with Gasteiger partial charge in [0.15, 0.2) is 0 Å². The molecule has 0 aromatic carbocycles. The van der Waals surface area contributed by atoms with Crippen LogP contribution in [0.5, 0.6) is 0 Å². The Morgan fingerprint density at radius 3 is 2.61 bits per heavy atom. The molecule has 1 aliphatic rings. The van der Waals surface area contributed by atoms with Gasteiger partial charge in [-0.3, -0.25) is 14.3 Å². The molecule has 0 saturated carbocycles. The van der Waals surface area contributed by atoms with E-state index in [4.69, 9.17) is 4.98 Å². The third-order valence-corrected chi connectivity index (χ3v) is 5.88. The number of pyridine rings is 3. The van der Waals surface area contributed by atoms with Crippen molar-refractivity contribution >= 4 is 23.4 Å². The summed E-state index contributed by atoms with van der Waals surface area (Å²) in [4.78, 5) is 21.0. The SMILES string of the molecule is Cl.Cn1c2c(c3ccc(-n4ccc(-c5ccc(C(F)(F)F)nc5)cc4=O)nc31)CNCCC2. The van der Waals surface area contributed by atoms with Gasteiger partial charge in [-0.15, -0.1) is 12.4 Å². The first kappa shape index (κ1) is 23.0. The van der Waals surface area contributed by atoms with Crippen molar-refractivity contribution in [3.8, 4) is 16.9 Å². The topological polar surface area (TPSA) is 64.7 Å². The first-order chi connectivity index (χ1) is 15.3. The number of rotatable bonds is 2. The summed E-state index contributed by atoms with van der Waals surface area (Å²) in [5.74, 6) is 0.489. The van der Waals surface area contributed by atoms with Gasteiger partial charge in [-0.2, -0.15) is 13.2 Å². The Labute approximate surface area is 193 Å². The van der Waals surface area contributed by atoms with Crippen molar-refractivity contribution < 1.29 is 13.2 Å². The number of halogens is 4. The number of aromatic nitrogens is 4. The molecule has 0 radical (unpaired) electrons. The molecule has 4 aromatic rings. The Hall–Kier alpha value is -3.17. The minimum Gasteiger partial charge on any atom is -0.332 e. The molecule has 1 N–H and O–H groups in total. The molecule has 5 heterocycles. The number of nitrogens with zero attached hydrogens (tertiary/aromatic N) is 4. The van der Waals surface area contributed by atoms with Gasteiger partial charge in [0.2, 0.25) is 0 Å². The van der Waals surface area contributed by atoms with E-state index in [0.29, 0.717) is 16.9 Å². The van der Waals surface area contributed by atoms with Crippen molar-refractivity contribution in [1.82, 2.24) is 24.4 Å². The molecule has 0 atom stereocenters. The highest BCUT2D eigenvalue weighted by molar-refractivity contribution is 5.85. The zero-order valence-corrected chi connectivity index (χ0v) is 18.5. The molecule has 0 amide bonds. The van der Waals surface area contributed by atoms with E-state index in [1.807, 2.05) is 19.2 Å². The van der Waals surface area contributed by atoms with Crippen LogP contribution in [0.1, 0.15) is 23.4 Å². The highest BCUT2D eigenvalue weighted by Crippen LogP contribution is 2.29. The lowest BCUT2D eigenvalue weighted by Crippen LogP contribution is -2.18. The minimum atomic E-state index is -4.50. The molecular weight excluding hydrogens is 455 g/mol. The first-order valence-corrected chi connectivity index (χ1v) is 10.3. The highest BCUT2D eigenvalue weighted by atomic mass is 35.5. The normalized spacial score (nSPS) is 13.9. The van der Waals surface area contributed by atoms with Gasteiger partial charge in [0.1, 0.15) is 17.2 Å². The molecule has 10 heteroatoms. The fourth-order valence-corrected chi connectivity index (χ4v) is 4.24. The Morgan fingerprint density at radius 1 is 1.09 bits per heavy atom. The van der Waals surface area contributed by atoms with Crippen molar-refractivity contribution in [3.05, 3.63) is 76.1 Å². The molecule has 33 heavy (non-hydrogen) atoms. The number of hydrogen-bond acceptors (Lipinski definition) is 4. The molecule has 0 saturated heterocycles. The van der Waals surface area contributed by atoms with Gasteiger partial charge in [0.05, 0.1) is 0 Å². The summed E-state index contributed by atoms with van der Waals surface area (Å²) in [6, 6.07) is 9.06. The van der Waals surface area contributed by atoms with Gasteiger partial charge in [0, 0.05) is 48.7 Å². The molecule has 0 unspecified atom stereocenters. The fraction of sp³-hybridized carbons (Fsp3) is 0.261. The standard InChI is InChI=1S/C23H20F3N5O.ClH/c1-30-18-3-2-9-27-13-17(18)16-5-7-20(29-22(16)30)31-10-8-14(11-21(31)32)15-4-6-19(28-12-15)23(24,25)26;/h4-8,10-12,27H,2-3,9,13H2,1H3;1H. The smallest absolute Gasteiger partial charge is 0.332 e. The number of nitrogens with one attached hydrogen (secondary N) is 1. The molecule has 4 aromatic heterocycles. The Balaban J connectivity index is 0.00000259. The summed E-state index contributed by atoms with van der Waals surface area (Å²) >= 11 is 0. The number of hydrogen-bond donors (Lipinski definition) is 1. The van der Waals surface area contributed by atoms with E-state index < -0.39 is 11.9 Å². The van der Waals surface area contributed by atoms with Crippen LogP contribution in [-0.2, 0) is 26.2 Å². The summed E-state index contributed by atoms with van der Waals surface area (Å²) in [5, 5.41) is 4.50. The van der Waals surface area contributed by atoms with Crippen molar-refractivity contribution in [2.24, 2.45) is 7.05 Å².